The van der Waals surface area contributed by atoms with Crippen LogP contribution in [0.15, 0.2) is 18.2 Å². The van der Waals surface area contributed by atoms with Gasteiger partial charge in [0.15, 0.2) is 0 Å². The van der Waals surface area contributed by atoms with Gasteiger partial charge in [-0.1, -0.05) is 6.07 Å². The molecule has 1 rings (SSSR count). The minimum Gasteiger partial charge on any atom is -0.379 e. The van der Waals surface area contributed by atoms with Gasteiger partial charge in [-0.25, -0.2) is 4.39 Å². The largest absolute Gasteiger partial charge is 0.379 e. The Morgan fingerprint density at radius 3 is 2.67 bits per heavy atom. The van der Waals surface area contributed by atoms with Crippen LogP contribution in [0.2, 0.25) is 0 Å². The van der Waals surface area contributed by atoms with Gasteiger partial charge in [0.05, 0.1) is 12.2 Å². The number of hydrogen-bond acceptors (Lipinski definition) is 3. The van der Waals surface area contributed by atoms with E-state index in [1.807, 2.05) is 13.8 Å². The fraction of sp³-hybridized carbons (Fsp3) is 0.571. The van der Waals surface area contributed by atoms with Crippen molar-refractivity contribution in [2.75, 3.05) is 13.7 Å². The summed E-state index contributed by atoms with van der Waals surface area (Å²) >= 11 is 0. The molecule has 2 N–H and O–H groups in total. The van der Waals surface area contributed by atoms with Crippen molar-refractivity contribution in [3.63, 3.8) is 0 Å². The van der Waals surface area contributed by atoms with Gasteiger partial charge in [-0.05, 0) is 38.0 Å². The van der Waals surface area contributed by atoms with E-state index in [-0.39, 0.29) is 18.0 Å². The lowest BCUT2D eigenvalue weighted by molar-refractivity contribution is -0.0127. The molecule has 0 amide bonds. The molecule has 4 heteroatoms. The molecular formula is C14H22FNO2. The molecule has 0 unspecified atom stereocenters. The van der Waals surface area contributed by atoms with Crippen LogP contribution in [0.25, 0.3) is 0 Å². The molecule has 0 aliphatic heterocycles. The summed E-state index contributed by atoms with van der Waals surface area (Å²) in [5.74, 6) is -0.252. The monoisotopic (exact) mass is 255 g/mol. The van der Waals surface area contributed by atoms with Crippen LogP contribution < -0.4 is 5.73 Å². The number of rotatable bonds is 7. The Balaban J connectivity index is 2.44. The third kappa shape index (κ3) is 4.72. The van der Waals surface area contributed by atoms with Crippen molar-refractivity contribution in [3.8, 4) is 0 Å². The molecule has 0 saturated heterocycles. The molecule has 0 aromatic heterocycles. The number of nitrogens with two attached hydrogens (primary N) is 1. The van der Waals surface area contributed by atoms with Crippen LogP contribution in [-0.4, -0.2) is 19.3 Å². The Labute approximate surface area is 108 Å². The fourth-order valence-corrected chi connectivity index (χ4v) is 1.47. The normalized spacial score (nSPS) is 11.8. The van der Waals surface area contributed by atoms with Crippen molar-refractivity contribution >= 4 is 0 Å². The van der Waals surface area contributed by atoms with Crippen molar-refractivity contribution < 1.29 is 13.9 Å². The highest BCUT2D eigenvalue weighted by atomic mass is 19.1. The van der Waals surface area contributed by atoms with Gasteiger partial charge in [-0.2, -0.15) is 0 Å². The lowest BCUT2D eigenvalue weighted by Crippen LogP contribution is -2.24. The highest BCUT2D eigenvalue weighted by Gasteiger charge is 2.15. The molecule has 0 atom stereocenters. The Morgan fingerprint density at radius 1 is 1.33 bits per heavy atom. The van der Waals surface area contributed by atoms with E-state index >= 15 is 0 Å². The van der Waals surface area contributed by atoms with E-state index in [0.717, 1.165) is 12.0 Å². The summed E-state index contributed by atoms with van der Waals surface area (Å²) in [6.45, 7) is 5.19. The maximum absolute atomic E-state index is 13.5. The van der Waals surface area contributed by atoms with Gasteiger partial charge in [0, 0.05) is 25.8 Å². The number of ether oxygens (including phenoxy) is 2. The molecule has 102 valence electrons. The second-order valence-electron chi connectivity index (χ2n) is 4.90. The fourth-order valence-electron chi connectivity index (χ4n) is 1.47. The second-order valence-corrected chi connectivity index (χ2v) is 4.90. The van der Waals surface area contributed by atoms with Crippen LogP contribution in [0.5, 0.6) is 0 Å². The summed E-state index contributed by atoms with van der Waals surface area (Å²) in [7, 11) is 1.67. The quantitative estimate of drug-likeness (QED) is 0.762. The molecule has 0 saturated carbocycles. The van der Waals surface area contributed by atoms with Gasteiger partial charge in [-0.15, -0.1) is 0 Å². The smallest absolute Gasteiger partial charge is 0.128 e. The van der Waals surface area contributed by atoms with Gasteiger partial charge >= 0.3 is 0 Å². The standard InChI is InChI=1S/C14H22FNO2/c1-14(2,17-3)6-7-18-10-12-8-11(9-16)4-5-13(12)15/h4-5,8H,6-7,9-10,16H2,1-3H3. The molecule has 18 heavy (non-hydrogen) atoms. The number of benzene rings is 1. The minimum atomic E-state index is -0.252. The molecule has 1 aromatic carbocycles. The molecule has 0 aliphatic rings. The molecule has 0 fully saturated rings. The SMILES string of the molecule is COC(C)(C)CCOCc1cc(CN)ccc1F. The van der Waals surface area contributed by atoms with Crippen LogP contribution in [0.4, 0.5) is 4.39 Å². The summed E-state index contributed by atoms with van der Waals surface area (Å²) in [4.78, 5) is 0. The molecule has 0 heterocycles. The molecule has 0 bridgehead atoms. The zero-order valence-corrected chi connectivity index (χ0v) is 11.3. The van der Waals surface area contributed by atoms with Crippen LogP contribution in [0, 0.1) is 5.82 Å². The first-order valence-electron chi connectivity index (χ1n) is 6.09. The van der Waals surface area contributed by atoms with E-state index in [1.54, 1.807) is 19.2 Å². The van der Waals surface area contributed by atoms with Crippen LogP contribution >= 0.6 is 0 Å². The lowest BCUT2D eigenvalue weighted by atomic mass is 10.1. The maximum Gasteiger partial charge on any atom is 0.128 e. The minimum absolute atomic E-state index is 0.211. The van der Waals surface area contributed by atoms with Crippen molar-refractivity contribution in [2.45, 2.75) is 39.0 Å². The van der Waals surface area contributed by atoms with Crippen molar-refractivity contribution in [2.24, 2.45) is 5.73 Å². The average Bonchev–Trinajstić information content (AvgIpc) is 2.36. The number of hydrogen-bond donors (Lipinski definition) is 1. The summed E-state index contributed by atoms with van der Waals surface area (Å²) in [6, 6.07) is 4.86. The highest BCUT2D eigenvalue weighted by molar-refractivity contribution is 5.24. The molecule has 0 radical (unpaired) electrons. The van der Waals surface area contributed by atoms with Gasteiger partial charge < -0.3 is 15.2 Å². The second kappa shape index (κ2) is 6.83. The Hall–Kier alpha value is -0.970. The molecular weight excluding hydrogens is 233 g/mol. The van der Waals surface area contributed by atoms with Crippen molar-refractivity contribution in [1.29, 1.82) is 0 Å². The first-order valence-corrected chi connectivity index (χ1v) is 6.09. The van der Waals surface area contributed by atoms with E-state index in [0.29, 0.717) is 18.7 Å². The first-order chi connectivity index (χ1) is 8.48. The Kier molecular flexibility index (Phi) is 5.72. The van der Waals surface area contributed by atoms with Crippen LogP contribution in [-0.2, 0) is 22.6 Å². The van der Waals surface area contributed by atoms with Gasteiger partial charge in [0.2, 0.25) is 0 Å². The van der Waals surface area contributed by atoms with E-state index in [1.165, 1.54) is 6.07 Å². The molecule has 3 nitrogen and oxygen atoms in total. The Bertz CT molecular complexity index is 380. The zero-order chi connectivity index (χ0) is 13.6. The zero-order valence-electron chi connectivity index (χ0n) is 11.3. The third-order valence-corrected chi connectivity index (χ3v) is 3.00. The topological polar surface area (TPSA) is 44.5 Å². The molecule has 0 spiro atoms. The van der Waals surface area contributed by atoms with Gasteiger partial charge in [0.25, 0.3) is 0 Å². The summed E-state index contributed by atoms with van der Waals surface area (Å²) in [5, 5.41) is 0. The predicted octanol–water partition coefficient (Wildman–Crippen LogP) is 2.62. The van der Waals surface area contributed by atoms with Gasteiger partial charge in [-0.3, -0.25) is 0 Å². The first kappa shape index (κ1) is 15.1. The summed E-state index contributed by atoms with van der Waals surface area (Å²) < 4.78 is 24.2. The van der Waals surface area contributed by atoms with E-state index < -0.39 is 0 Å². The van der Waals surface area contributed by atoms with Crippen LogP contribution in [0.3, 0.4) is 0 Å². The van der Waals surface area contributed by atoms with Crippen LogP contribution in [0.1, 0.15) is 31.4 Å². The van der Waals surface area contributed by atoms with Crippen molar-refractivity contribution in [1.82, 2.24) is 0 Å². The predicted molar refractivity (Wildman–Crippen MR) is 69.7 cm³/mol. The number of methoxy groups -OCH3 is 1. The molecule has 0 aliphatic carbocycles. The maximum atomic E-state index is 13.5. The number of halogens is 1. The van der Waals surface area contributed by atoms with Crippen molar-refractivity contribution in [3.05, 3.63) is 35.1 Å². The molecule has 1 aromatic rings. The third-order valence-electron chi connectivity index (χ3n) is 3.00. The van der Waals surface area contributed by atoms with E-state index in [9.17, 15) is 4.39 Å². The summed E-state index contributed by atoms with van der Waals surface area (Å²) in [5.41, 5.74) is 6.77. The highest BCUT2D eigenvalue weighted by Crippen LogP contribution is 2.15. The van der Waals surface area contributed by atoms with Gasteiger partial charge in [0.1, 0.15) is 5.82 Å². The van der Waals surface area contributed by atoms with E-state index in [2.05, 4.69) is 0 Å². The lowest BCUT2D eigenvalue weighted by Gasteiger charge is -2.22. The summed E-state index contributed by atoms with van der Waals surface area (Å²) in [6.07, 6.45) is 0.766. The van der Waals surface area contributed by atoms with E-state index in [4.69, 9.17) is 15.2 Å². The average molecular weight is 255 g/mol. The Morgan fingerprint density at radius 2 is 2.06 bits per heavy atom.